The summed E-state index contributed by atoms with van der Waals surface area (Å²) in [4.78, 5) is 0. The first-order valence-electron chi connectivity index (χ1n) is 5.91. The van der Waals surface area contributed by atoms with Crippen molar-refractivity contribution in [3.63, 3.8) is 0 Å². The summed E-state index contributed by atoms with van der Waals surface area (Å²) in [6.45, 7) is 2.26. The Kier molecular flexibility index (Phi) is 3.17. The van der Waals surface area contributed by atoms with Crippen LogP contribution in [-0.2, 0) is 12.0 Å². The largest absolute Gasteiger partial charge is 0.410 e. The van der Waals surface area contributed by atoms with E-state index in [1.54, 1.807) is 24.3 Å². The smallest absolute Gasteiger partial charge is 0.300 e. The lowest BCUT2D eigenvalue weighted by atomic mass is 9.91. The number of nitrogens with one attached hydrogen (secondary N) is 1. The predicted octanol–water partition coefficient (Wildman–Crippen LogP) is 3.39. The molecule has 1 unspecified atom stereocenters. The van der Waals surface area contributed by atoms with Crippen molar-refractivity contribution in [2.45, 2.75) is 37.9 Å². The van der Waals surface area contributed by atoms with Crippen molar-refractivity contribution in [2.75, 3.05) is 6.54 Å². The van der Waals surface area contributed by atoms with E-state index in [1.807, 2.05) is 6.92 Å². The van der Waals surface area contributed by atoms with Crippen molar-refractivity contribution in [3.8, 4) is 0 Å². The normalized spacial score (nSPS) is 23.8. The zero-order valence-corrected chi connectivity index (χ0v) is 9.77. The number of benzene rings is 1. The number of rotatable bonds is 3. The second kappa shape index (κ2) is 4.33. The first kappa shape index (κ1) is 12.4. The van der Waals surface area contributed by atoms with Crippen molar-refractivity contribution < 1.29 is 13.2 Å². The molecule has 2 rings (SSSR count). The Morgan fingerprint density at radius 1 is 1.29 bits per heavy atom. The number of alkyl halides is 3. The highest BCUT2D eigenvalue weighted by Gasteiger charge is 2.58. The van der Waals surface area contributed by atoms with E-state index in [2.05, 4.69) is 5.32 Å². The molecule has 0 aromatic heterocycles. The van der Waals surface area contributed by atoms with Gasteiger partial charge in [-0.05, 0) is 36.9 Å². The zero-order valence-electron chi connectivity index (χ0n) is 9.77. The molecule has 1 aliphatic carbocycles. The summed E-state index contributed by atoms with van der Waals surface area (Å²) < 4.78 is 40.1. The third-order valence-corrected chi connectivity index (χ3v) is 3.41. The molecule has 0 saturated carbocycles. The summed E-state index contributed by atoms with van der Waals surface area (Å²) in [5, 5.41) is 2.72. The van der Waals surface area contributed by atoms with Crippen LogP contribution in [0.2, 0.25) is 0 Å². The predicted molar refractivity (Wildman–Crippen MR) is 60.8 cm³/mol. The fraction of sp³-hybridized carbons (Fsp3) is 0.538. The van der Waals surface area contributed by atoms with Gasteiger partial charge < -0.3 is 0 Å². The minimum absolute atomic E-state index is 0.107. The molecule has 0 amide bonds. The number of halogens is 3. The molecule has 0 heterocycles. The molecule has 94 valence electrons. The molecule has 0 bridgehead atoms. The minimum atomic E-state index is -4.24. The molecule has 1 aromatic rings. The average molecular weight is 243 g/mol. The lowest BCUT2D eigenvalue weighted by Gasteiger charge is -2.34. The van der Waals surface area contributed by atoms with Crippen molar-refractivity contribution in [2.24, 2.45) is 0 Å². The number of aryl methyl sites for hydroxylation is 1. The van der Waals surface area contributed by atoms with Gasteiger partial charge in [0.1, 0.15) is 5.54 Å². The van der Waals surface area contributed by atoms with E-state index in [4.69, 9.17) is 0 Å². The molecular formula is C13H16F3N. The highest BCUT2D eigenvalue weighted by Crippen LogP contribution is 2.47. The van der Waals surface area contributed by atoms with Crippen LogP contribution in [-0.4, -0.2) is 12.7 Å². The molecule has 1 aliphatic rings. The molecule has 1 aromatic carbocycles. The topological polar surface area (TPSA) is 12.0 Å². The number of hydrogen-bond acceptors (Lipinski definition) is 1. The van der Waals surface area contributed by atoms with E-state index < -0.39 is 11.7 Å². The van der Waals surface area contributed by atoms with E-state index in [-0.39, 0.29) is 6.42 Å². The van der Waals surface area contributed by atoms with Crippen molar-refractivity contribution >= 4 is 0 Å². The van der Waals surface area contributed by atoms with E-state index >= 15 is 0 Å². The summed E-state index contributed by atoms with van der Waals surface area (Å²) in [6, 6.07) is 6.86. The molecule has 1 atom stereocenters. The van der Waals surface area contributed by atoms with Gasteiger partial charge in [-0.3, -0.25) is 5.32 Å². The molecule has 1 N–H and O–H groups in total. The standard InChI is InChI=1S/C13H16F3N/c1-2-9-17-12(13(14,15)16)8-7-10-5-3-4-6-11(10)12/h3-6,17H,2,7-9H2,1H3. The maximum atomic E-state index is 13.4. The van der Waals surface area contributed by atoms with E-state index in [9.17, 15) is 13.2 Å². The monoisotopic (exact) mass is 243 g/mol. The maximum Gasteiger partial charge on any atom is 0.410 e. The highest BCUT2D eigenvalue weighted by atomic mass is 19.4. The lowest BCUT2D eigenvalue weighted by molar-refractivity contribution is -0.200. The van der Waals surface area contributed by atoms with Crippen LogP contribution in [0.3, 0.4) is 0 Å². The van der Waals surface area contributed by atoms with Crippen molar-refractivity contribution in [1.82, 2.24) is 5.32 Å². The molecule has 0 radical (unpaired) electrons. The molecule has 0 saturated heterocycles. The molecule has 4 heteroatoms. The maximum absolute atomic E-state index is 13.4. The molecular weight excluding hydrogens is 227 g/mol. The van der Waals surface area contributed by atoms with Gasteiger partial charge in [0.15, 0.2) is 0 Å². The van der Waals surface area contributed by atoms with Crippen molar-refractivity contribution in [3.05, 3.63) is 35.4 Å². The van der Waals surface area contributed by atoms with E-state index in [1.165, 1.54) is 0 Å². The summed E-state index contributed by atoms with van der Waals surface area (Å²) in [5.41, 5.74) is -0.617. The second-order valence-corrected chi connectivity index (χ2v) is 4.49. The Morgan fingerprint density at radius 3 is 2.65 bits per heavy atom. The zero-order chi connectivity index (χ0) is 12.5. The highest BCUT2D eigenvalue weighted by molar-refractivity contribution is 5.40. The SMILES string of the molecule is CCCNC1(C(F)(F)F)CCc2ccccc21. The Balaban J connectivity index is 2.43. The average Bonchev–Trinajstić information content (AvgIpc) is 2.66. The van der Waals surface area contributed by atoms with Gasteiger partial charge >= 0.3 is 6.18 Å². The minimum Gasteiger partial charge on any atom is -0.300 e. The van der Waals surface area contributed by atoms with Crippen LogP contribution in [0.1, 0.15) is 30.9 Å². The van der Waals surface area contributed by atoms with Gasteiger partial charge in [-0.1, -0.05) is 31.2 Å². The molecule has 0 aliphatic heterocycles. The van der Waals surface area contributed by atoms with E-state index in [0.717, 1.165) is 5.56 Å². The quantitative estimate of drug-likeness (QED) is 0.858. The number of hydrogen-bond donors (Lipinski definition) is 1. The lowest BCUT2D eigenvalue weighted by Crippen LogP contribution is -2.52. The van der Waals surface area contributed by atoms with Gasteiger partial charge in [0.2, 0.25) is 0 Å². The summed E-state index contributed by atoms with van der Waals surface area (Å²) in [7, 11) is 0. The van der Waals surface area contributed by atoms with Gasteiger partial charge in [0.25, 0.3) is 0 Å². The first-order chi connectivity index (χ1) is 8.01. The van der Waals surface area contributed by atoms with E-state index in [0.29, 0.717) is 24.9 Å². The van der Waals surface area contributed by atoms with Gasteiger partial charge in [-0.25, -0.2) is 0 Å². The molecule has 0 spiro atoms. The van der Waals surface area contributed by atoms with Crippen LogP contribution < -0.4 is 5.32 Å². The number of fused-ring (bicyclic) bond motifs is 1. The summed E-state index contributed by atoms with van der Waals surface area (Å²) in [5.74, 6) is 0. The first-order valence-corrected chi connectivity index (χ1v) is 5.91. The molecule has 0 fully saturated rings. The molecule has 1 nitrogen and oxygen atoms in total. The fourth-order valence-electron chi connectivity index (χ4n) is 2.53. The Labute approximate surface area is 99.0 Å². The third kappa shape index (κ3) is 1.95. The van der Waals surface area contributed by atoms with Crippen LogP contribution >= 0.6 is 0 Å². The van der Waals surface area contributed by atoms with Crippen LogP contribution in [0.15, 0.2) is 24.3 Å². The Bertz CT molecular complexity index is 400. The Morgan fingerprint density at radius 2 is 2.00 bits per heavy atom. The van der Waals surface area contributed by atoms with Gasteiger partial charge in [-0.2, -0.15) is 13.2 Å². The van der Waals surface area contributed by atoms with Crippen LogP contribution in [0.5, 0.6) is 0 Å². The van der Waals surface area contributed by atoms with Crippen LogP contribution in [0, 0.1) is 0 Å². The third-order valence-electron chi connectivity index (χ3n) is 3.41. The Hall–Kier alpha value is -1.03. The summed E-state index contributed by atoms with van der Waals surface area (Å²) >= 11 is 0. The van der Waals surface area contributed by atoms with Crippen molar-refractivity contribution in [1.29, 1.82) is 0 Å². The second-order valence-electron chi connectivity index (χ2n) is 4.49. The van der Waals surface area contributed by atoms with Gasteiger partial charge in [0, 0.05) is 0 Å². The van der Waals surface area contributed by atoms with Gasteiger partial charge in [0.05, 0.1) is 0 Å². The van der Waals surface area contributed by atoms with Crippen LogP contribution in [0.4, 0.5) is 13.2 Å². The molecule has 17 heavy (non-hydrogen) atoms. The summed E-state index contributed by atoms with van der Waals surface area (Å²) in [6.07, 6.45) is -2.95. The van der Waals surface area contributed by atoms with Gasteiger partial charge in [-0.15, -0.1) is 0 Å². The van der Waals surface area contributed by atoms with Crippen LogP contribution in [0.25, 0.3) is 0 Å². The fourth-order valence-corrected chi connectivity index (χ4v) is 2.53.